The van der Waals surface area contributed by atoms with Crippen LogP contribution in [0.2, 0.25) is 0 Å². The maximum absolute atomic E-state index is 11.8. The Morgan fingerprint density at radius 2 is 1.94 bits per heavy atom. The van der Waals surface area contributed by atoms with Crippen molar-refractivity contribution in [1.29, 1.82) is 5.26 Å². The Morgan fingerprint density at radius 1 is 1.24 bits per heavy atom. The first kappa shape index (κ1) is 11.1. The smallest absolute Gasteiger partial charge is 0.261 e. The first-order valence-electron chi connectivity index (χ1n) is 5.12. The molecule has 0 aliphatic carbocycles. The molecule has 2 amide bonds. The first-order valence-corrected chi connectivity index (χ1v) is 5.12. The molecule has 4 nitrogen and oxygen atoms in total. The number of benzene rings is 1. The molecule has 0 spiro atoms. The van der Waals surface area contributed by atoms with Gasteiger partial charge >= 0.3 is 0 Å². The van der Waals surface area contributed by atoms with Gasteiger partial charge in [0.05, 0.1) is 11.3 Å². The van der Waals surface area contributed by atoms with Gasteiger partial charge in [0.15, 0.2) is 0 Å². The highest BCUT2D eigenvalue weighted by Gasteiger charge is 2.31. The molecule has 0 saturated carbocycles. The van der Waals surface area contributed by atoms with Crippen molar-refractivity contribution in [2.24, 2.45) is 0 Å². The zero-order valence-electron chi connectivity index (χ0n) is 9.52. The van der Waals surface area contributed by atoms with Gasteiger partial charge in [-0.15, -0.1) is 0 Å². The van der Waals surface area contributed by atoms with Gasteiger partial charge in [-0.2, -0.15) is 5.26 Å². The topological polar surface area (TPSA) is 61.2 Å². The van der Waals surface area contributed by atoms with E-state index in [0.717, 1.165) is 10.5 Å². The Morgan fingerprint density at radius 3 is 2.47 bits per heavy atom. The standard InChI is InChI=1S/C13H10N2O2/c1-8-4-3-5-11(10(8)7-14)15-12(16)6-9(2)13(15)17/h3-6H,1-2H3. The Balaban J connectivity index is 2.58. The van der Waals surface area contributed by atoms with Crippen molar-refractivity contribution in [3.63, 3.8) is 0 Å². The van der Waals surface area contributed by atoms with E-state index in [4.69, 9.17) is 5.26 Å². The maximum Gasteiger partial charge on any atom is 0.261 e. The molecular formula is C13H10N2O2. The molecule has 1 aromatic rings. The van der Waals surface area contributed by atoms with Crippen molar-refractivity contribution >= 4 is 17.5 Å². The van der Waals surface area contributed by atoms with Crippen molar-refractivity contribution < 1.29 is 9.59 Å². The van der Waals surface area contributed by atoms with E-state index in [1.165, 1.54) is 6.08 Å². The summed E-state index contributed by atoms with van der Waals surface area (Å²) in [4.78, 5) is 24.6. The third-order valence-corrected chi connectivity index (χ3v) is 2.70. The molecule has 0 unspecified atom stereocenters. The number of nitrogens with zero attached hydrogens (tertiary/aromatic N) is 2. The number of amides is 2. The summed E-state index contributed by atoms with van der Waals surface area (Å²) in [5, 5.41) is 9.08. The van der Waals surface area contributed by atoms with Crippen LogP contribution in [0.4, 0.5) is 5.69 Å². The van der Waals surface area contributed by atoms with E-state index in [2.05, 4.69) is 0 Å². The molecule has 0 N–H and O–H groups in total. The van der Waals surface area contributed by atoms with Gasteiger partial charge in [-0.25, -0.2) is 4.90 Å². The fraction of sp³-hybridized carbons (Fsp3) is 0.154. The largest absolute Gasteiger partial charge is 0.269 e. The molecule has 1 aliphatic heterocycles. The average molecular weight is 226 g/mol. The number of hydrogen-bond acceptors (Lipinski definition) is 3. The Hall–Kier alpha value is -2.41. The molecule has 0 radical (unpaired) electrons. The van der Waals surface area contributed by atoms with Crippen LogP contribution in [-0.4, -0.2) is 11.8 Å². The molecular weight excluding hydrogens is 216 g/mol. The van der Waals surface area contributed by atoms with Gasteiger partial charge in [0, 0.05) is 11.6 Å². The van der Waals surface area contributed by atoms with Crippen molar-refractivity contribution in [2.45, 2.75) is 13.8 Å². The van der Waals surface area contributed by atoms with Gasteiger partial charge in [0.2, 0.25) is 0 Å². The second kappa shape index (κ2) is 3.87. The number of aryl methyl sites for hydroxylation is 1. The van der Waals surface area contributed by atoms with E-state index in [1.807, 2.05) is 6.07 Å². The zero-order chi connectivity index (χ0) is 12.6. The summed E-state index contributed by atoms with van der Waals surface area (Å²) < 4.78 is 0. The van der Waals surface area contributed by atoms with E-state index in [-0.39, 0.29) is 5.91 Å². The van der Waals surface area contributed by atoms with Crippen molar-refractivity contribution in [3.05, 3.63) is 41.0 Å². The van der Waals surface area contributed by atoms with Crippen molar-refractivity contribution in [3.8, 4) is 6.07 Å². The normalized spacial score (nSPS) is 14.9. The van der Waals surface area contributed by atoms with Crippen molar-refractivity contribution in [1.82, 2.24) is 0 Å². The minimum atomic E-state index is -0.394. The highest BCUT2D eigenvalue weighted by Crippen LogP contribution is 2.27. The highest BCUT2D eigenvalue weighted by molar-refractivity contribution is 6.30. The SMILES string of the molecule is CC1=CC(=O)N(c2cccc(C)c2C#N)C1=O. The average Bonchev–Trinajstić information content (AvgIpc) is 2.53. The highest BCUT2D eigenvalue weighted by atomic mass is 16.2. The number of anilines is 1. The Labute approximate surface area is 98.8 Å². The molecule has 0 bridgehead atoms. The van der Waals surface area contributed by atoms with Crippen LogP contribution in [0.3, 0.4) is 0 Å². The lowest BCUT2D eigenvalue weighted by Crippen LogP contribution is -2.31. The van der Waals surface area contributed by atoms with Gasteiger partial charge in [-0.1, -0.05) is 12.1 Å². The van der Waals surface area contributed by atoms with Gasteiger partial charge < -0.3 is 0 Å². The monoisotopic (exact) mass is 226 g/mol. The minimum absolute atomic E-state index is 0.357. The Kier molecular flexibility index (Phi) is 2.52. The number of hydrogen-bond donors (Lipinski definition) is 0. The molecule has 0 aromatic heterocycles. The second-order valence-corrected chi connectivity index (χ2v) is 3.89. The molecule has 0 fully saturated rings. The third kappa shape index (κ3) is 1.62. The van der Waals surface area contributed by atoms with E-state index in [1.54, 1.807) is 32.0 Å². The second-order valence-electron chi connectivity index (χ2n) is 3.89. The molecule has 17 heavy (non-hydrogen) atoms. The molecule has 0 saturated heterocycles. The van der Waals surface area contributed by atoms with Crippen LogP contribution in [-0.2, 0) is 9.59 Å². The van der Waals surface area contributed by atoms with Crippen LogP contribution in [0.1, 0.15) is 18.1 Å². The fourth-order valence-corrected chi connectivity index (χ4v) is 1.80. The van der Waals surface area contributed by atoms with Gasteiger partial charge in [-0.05, 0) is 25.5 Å². The summed E-state index contributed by atoms with van der Waals surface area (Å²) in [6.45, 7) is 3.36. The van der Waals surface area contributed by atoms with E-state index in [9.17, 15) is 9.59 Å². The lowest BCUT2D eigenvalue weighted by molar-refractivity contribution is -0.120. The van der Waals surface area contributed by atoms with E-state index in [0.29, 0.717) is 16.8 Å². The van der Waals surface area contributed by atoms with Gasteiger partial charge in [0.1, 0.15) is 6.07 Å². The molecule has 84 valence electrons. The van der Waals surface area contributed by atoms with Crippen LogP contribution >= 0.6 is 0 Å². The van der Waals surface area contributed by atoms with Crippen LogP contribution < -0.4 is 4.90 Å². The van der Waals surface area contributed by atoms with Gasteiger partial charge in [0.25, 0.3) is 11.8 Å². The van der Waals surface area contributed by atoms with E-state index < -0.39 is 5.91 Å². The molecule has 2 rings (SSSR count). The number of rotatable bonds is 1. The summed E-state index contributed by atoms with van der Waals surface area (Å²) in [6, 6.07) is 7.13. The molecule has 1 heterocycles. The maximum atomic E-state index is 11.8. The molecule has 1 aromatic carbocycles. The van der Waals surface area contributed by atoms with Crippen LogP contribution in [0, 0.1) is 18.3 Å². The summed E-state index contributed by atoms with van der Waals surface area (Å²) in [5.74, 6) is -0.758. The number of carbonyl (C=O) groups excluding carboxylic acids is 2. The quantitative estimate of drug-likeness (QED) is 0.684. The zero-order valence-corrected chi connectivity index (χ0v) is 9.52. The summed E-state index contributed by atoms with van der Waals surface area (Å²) in [7, 11) is 0. The predicted molar refractivity (Wildman–Crippen MR) is 62.1 cm³/mol. The summed E-state index contributed by atoms with van der Waals surface area (Å²) >= 11 is 0. The van der Waals surface area contributed by atoms with E-state index >= 15 is 0 Å². The molecule has 1 aliphatic rings. The predicted octanol–water partition coefficient (Wildman–Crippen LogP) is 1.69. The molecule has 4 heteroatoms. The fourth-order valence-electron chi connectivity index (χ4n) is 1.80. The third-order valence-electron chi connectivity index (χ3n) is 2.70. The summed E-state index contributed by atoms with van der Waals surface area (Å²) in [6.07, 6.45) is 1.28. The number of nitriles is 1. The first-order chi connectivity index (χ1) is 8.06. The van der Waals surface area contributed by atoms with Crippen LogP contribution in [0.25, 0.3) is 0 Å². The number of carbonyl (C=O) groups is 2. The van der Waals surface area contributed by atoms with Gasteiger partial charge in [-0.3, -0.25) is 9.59 Å². The summed E-state index contributed by atoms with van der Waals surface area (Å²) in [5.41, 5.74) is 1.85. The number of imide groups is 1. The minimum Gasteiger partial charge on any atom is -0.269 e. The lowest BCUT2D eigenvalue weighted by Gasteiger charge is -2.16. The van der Waals surface area contributed by atoms with Crippen LogP contribution in [0.5, 0.6) is 0 Å². The lowest BCUT2D eigenvalue weighted by atomic mass is 10.1. The van der Waals surface area contributed by atoms with Crippen molar-refractivity contribution in [2.75, 3.05) is 4.90 Å². The molecule has 0 atom stereocenters. The van der Waals surface area contributed by atoms with Crippen LogP contribution in [0.15, 0.2) is 29.8 Å². The Bertz CT molecular complexity index is 594.